The maximum Gasteiger partial charge on any atom is 0.360 e. The van der Waals surface area contributed by atoms with E-state index in [1.165, 1.54) is 116 Å². The molecule has 1 heterocycles. The fourth-order valence-electron chi connectivity index (χ4n) is 5.05. The van der Waals surface area contributed by atoms with Gasteiger partial charge in [-0.15, -0.1) is 0 Å². The molecule has 5 heteroatoms. The SMILES string of the molecule is CCCCCCCCC/C=C/CCCCCCCCCCCCC1=NC=C[N+]1(CCN)CC(=O)O. The molecule has 202 valence electrons. The summed E-state index contributed by atoms with van der Waals surface area (Å²) in [5, 5.41) is 9.28. The molecule has 35 heavy (non-hydrogen) atoms. The highest BCUT2D eigenvalue weighted by Gasteiger charge is 2.36. The topological polar surface area (TPSA) is 75.7 Å². The number of carboxylic acids is 1. The highest BCUT2D eigenvalue weighted by Crippen LogP contribution is 2.21. The van der Waals surface area contributed by atoms with Gasteiger partial charge in [0.15, 0.2) is 6.54 Å². The second-order valence-corrected chi connectivity index (χ2v) is 10.4. The number of nitrogens with zero attached hydrogens (tertiary/aromatic N) is 2. The third-order valence-electron chi connectivity index (χ3n) is 7.20. The van der Waals surface area contributed by atoms with E-state index in [2.05, 4.69) is 24.1 Å². The summed E-state index contributed by atoms with van der Waals surface area (Å²) in [5.41, 5.74) is 5.74. The monoisotopic (exact) mass is 490 g/mol. The molecule has 0 bridgehead atoms. The third kappa shape index (κ3) is 16.0. The summed E-state index contributed by atoms with van der Waals surface area (Å²) >= 11 is 0. The highest BCUT2D eigenvalue weighted by molar-refractivity contribution is 5.81. The van der Waals surface area contributed by atoms with Crippen LogP contribution in [-0.2, 0) is 4.79 Å². The van der Waals surface area contributed by atoms with Gasteiger partial charge in [0.25, 0.3) is 0 Å². The van der Waals surface area contributed by atoms with E-state index < -0.39 is 5.97 Å². The molecule has 1 atom stereocenters. The van der Waals surface area contributed by atoms with Gasteiger partial charge < -0.3 is 10.8 Å². The summed E-state index contributed by atoms with van der Waals surface area (Å²) in [4.78, 5) is 15.8. The number of amidine groups is 1. The number of unbranched alkanes of at least 4 members (excludes halogenated alkanes) is 17. The predicted molar refractivity (Wildman–Crippen MR) is 150 cm³/mol. The number of allylic oxidation sites excluding steroid dienone is 2. The highest BCUT2D eigenvalue weighted by atomic mass is 16.4. The number of hydrogen-bond donors (Lipinski definition) is 2. The lowest BCUT2D eigenvalue weighted by molar-refractivity contribution is -0.778. The Labute approximate surface area is 216 Å². The number of carbonyl (C=O) groups is 1. The van der Waals surface area contributed by atoms with Gasteiger partial charge in [-0.25, -0.2) is 14.3 Å². The summed E-state index contributed by atoms with van der Waals surface area (Å²) in [6.45, 7) is 3.40. The Kier molecular flexibility index (Phi) is 19.7. The lowest BCUT2D eigenvalue weighted by Gasteiger charge is -2.30. The molecule has 1 aliphatic rings. The van der Waals surface area contributed by atoms with Crippen LogP contribution in [0.25, 0.3) is 0 Å². The summed E-state index contributed by atoms with van der Waals surface area (Å²) in [7, 11) is 0. The Morgan fingerprint density at radius 1 is 0.829 bits per heavy atom. The zero-order chi connectivity index (χ0) is 25.5. The van der Waals surface area contributed by atoms with Gasteiger partial charge in [0.2, 0.25) is 5.84 Å². The van der Waals surface area contributed by atoms with E-state index in [0.717, 1.165) is 18.7 Å². The quantitative estimate of drug-likeness (QED) is 0.0771. The van der Waals surface area contributed by atoms with Gasteiger partial charge in [-0.1, -0.05) is 109 Å². The fraction of sp³-hybridized carbons (Fsp3) is 0.800. The minimum absolute atomic E-state index is 0.0437. The van der Waals surface area contributed by atoms with E-state index in [4.69, 9.17) is 5.73 Å². The molecule has 0 aromatic carbocycles. The van der Waals surface area contributed by atoms with E-state index in [0.29, 0.717) is 17.6 Å². The summed E-state index contributed by atoms with van der Waals surface area (Å²) in [5.74, 6) is 0.165. The van der Waals surface area contributed by atoms with Gasteiger partial charge >= 0.3 is 5.97 Å². The molecule has 1 aliphatic heterocycles. The molecule has 5 nitrogen and oxygen atoms in total. The van der Waals surface area contributed by atoms with Crippen molar-refractivity contribution in [2.24, 2.45) is 10.7 Å². The third-order valence-corrected chi connectivity index (χ3v) is 7.20. The number of rotatable bonds is 25. The van der Waals surface area contributed by atoms with Crippen LogP contribution in [0.5, 0.6) is 0 Å². The Morgan fingerprint density at radius 3 is 1.80 bits per heavy atom. The minimum Gasteiger partial charge on any atom is -0.477 e. The van der Waals surface area contributed by atoms with Gasteiger partial charge in [-0.3, -0.25) is 0 Å². The van der Waals surface area contributed by atoms with Crippen molar-refractivity contribution in [3.8, 4) is 0 Å². The molecular weight excluding hydrogens is 434 g/mol. The molecule has 0 saturated carbocycles. The first kappa shape index (κ1) is 31.6. The summed E-state index contributed by atoms with van der Waals surface area (Å²) in [6.07, 6.45) is 34.7. The number of carboxylic acid groups (broad SMARTS) is 1. The molecule has 1 rings (SSSR count). The number of quaternary nitrogens is 1. The molecular formula is C30H56N3O2+. The van der Waals surface area contributed by atoms with E-state index in [1.807, 2.05) is 6.20 Å². The van der Waals surface area contributed by atoms with E-state index in [1.54, 1.807) is 6.20 Å². The predicted octanol–water partition coefficient (Wildman–Crippen LogP) is 8.11. The molecule has 0 aliphatic carbocycles. The van der Waals surface area contributed by atoms with Crippen molar-refractivity contribution in [2.45, 2.75) is 135 Å². The van der Waals surface area contributed by atoms with E-state index in [-0.39, 0.29) is 6.54 Å². The summed E-state index contributed by atoms with van der Waals surface area (Å²) in [6, 6.07) is 0. The molecule has 0 radical (unpaired) electrons. The lowest BCUT2D eigenvalue weighted by atomic mass is 10.0. The van der Waals surface area contributed by atoms with Crippen molar-refractivity contribution in [3.63, 3.8) is 0 Å². The molecule has 0 fully saturated rings. The number of nitrogens with two attached hydrogens (primary N) is 1. The molecule has 0 spiro atoms. The van der Waals surface area contributed by atoms with Crippen LogP contribution in [0.4, 0.5) is 0 Å². The Bertz CT molecular complexity index is 615. The first-order chi connectivity index (χ1) is 17.1. The second-order valence-electron chi connectivity index (χ2n) is 10.4. The first-order valence-electron chi connectivity index (χ1n) is 14.8. The Morgan fingerprint density at radius 2 is 1.31 bits per heavy atom. The average molecular weight is 491 g/mol. The van der Waals surface area contributed by atoms with Crippen LogP contribution in [0.2, 0.25) is 0 Å². The molecule has 3 N–H and O–H groups in total. The van der Waals surface area contributed by atoms with E-state index in [9.17, 15) is 9.90 Å². The van der Waals surface area contributed by atoms with Crippen molar-refractivity contribution in [2.75, 3.05) is 19.6 Å². The normalized spacial score (nSPS) is 17.5. The van der Waals surface area contributed by atoms with Gasteiger partial charge in [-0.2, -0.15) is 0 Å². The molecule has 0 aromatic rings. The van der Waals surface area contributed by atoms with Crippen molar-refractivity contribution in [1.29, 1.82) is 0 Å². The smallest absolute Gasteiger partial charge is 0.360 e. The zero-order valence-electron chi connectivity index (χ0n) is 22.9. The maximum absolute atomic E-state index is 11.3. The number of aliphatic carboxylic acids is 1. The first-order valence-corrected chi connectivity index (χ1v) is 14.8. The molecule has 0 amide bonds. The van der Waals surface area contributed by atoms with Crippen LogP contribution in [0.1, 0.15) is 135 Å². The van der Waals surface area contributed by atoms with Crippen molar-refractivity contribution in [1.82, 2.24) is 0 Å². The summed E-state index contributed by atoms with van der Waals surface area (Å²) < 4.78 is 0.306. The largest absolute Gasteiger partial charge is 0.477 e. The molecule has 0 aromatic heterocycles. The molecule has 0 saturated heterocycles. The minimum atomic E-state index is -0.798. The number of hydrogen-bond acceptors (Lipinski definition) is 3. The van der Waals surface area contributed by atoms with Gasteiger partial charge in [0.1, 0.15) is 12.7 Å². The van der Waals surface area contributed by atoms with Crippen LogP contribution in [0.3, 0.4) is 0 Å². The number of aliphatic imine (C=N–C) groups is 1. The van der Waals surface area contributed by atoms with Gasteiger partial charge in [-0.05, 0) is 32.1 Å². The van der Waals surface area contributed by atoms with Crippen LogP contribution in [0, 0.1) is 0 Å². The lowest BCUT2D eigenvalue weighted by Crippen LogP contribution is -2.52. The van der Waals surface area contributed by atoms with Crippen LogP contribution in [0.15, 0.2) is 29.5 Å². The standard InChI is InChI=1S/C30H55N3O2/c1-2-3-4-5-6-7-8-9-10-11-12-13-14-15-16-17-18-19-20-21-22-23-29-32-25-27-33(29,26-24-31)28-30(34)35/h10-11,25,27H,2-9,12-24,26,28,31H2,1H3/p+1/b11-10+. The van der Waals surface area contributed by atoms with Gasteiger partial charge in [0, 0.05) is 13.0 Å². The second kappa shape index (κ2) is 21.8. The Hall–Kier alpha value is -1.46. The molecule has 1 unspecified atom stereocenters. The van der Waals surface area contributed by atoms with Crippen LogP contribution in [-0.4, -0.2) is 41.0 Å². The van der Waals surface area contributed by atoms with Gasteiger partial charge in [0.05, 0.1) is 6.20 Å². The average Bonchev–Trinajstić information content (AvgIpc) is 3.21. The zero-order valence-corrected chi connectivity index (χ0v) is 22.9. The van der Waals surface area contributed by atoms with E-state index >= 15 is 0 Å². The van der Waals surface area contributed by atoms with Crippen LogP contribution >= 0.6 is 0 Å². The fourth-order valence-corrected chi connectivity index (χ4v) is 5.05. The maximum atomic E-state index is 11.3. The van der Waals surface area contributed by atoms with Crippen LogP contribution < -0.4 is 5.73 Å². The van der Waals surface area contributed by atoms with Crippen molar-refractivity contribution >= 4 is 11.8 Å². The Balaban J connectivity index is 1.88. The van der Waals surface area contributed by atoms with Crippen molar-refractivity contribution in [3.05, 3.63) is 24.6 Å². The van der Waals surface area contributed by atoms with Crippen molar-refractivity contribution < 1.29 is 14.4 Å².